The molecule has 4 N–H and O–H groups in total. The first kappa shape index (κ1) is 13.4. The molecule has 0 aliphatic carbocycles. The first-order chi connectivity index (χ1) is 10.7. The number of aromatic amines is 1. The van der Waals surface area contributed by atoms with E-state index >= 15 is 0 Å². The van der Waals surface area contributed by atoms with Crippen molar-refractivity contribution in [1.82, 2.24) is 15.6 Å². The third-order valence-electron chi connectivity index (χ3n) is 4.73. The van der Waals surface area contributed by atoms with Gasteiger partial charge >= 0.3 is 0 Å². The minimum Gasteiger partial charge on any atom is -0.508 e. The van der Waals surface area contributed by atoms with Crippen molar-refractivity contribution < 1.29 is 9.90 Å². The van der Waals surface area contributed by atoms with Crippen LogP contribution in [0.15, 0.2) is 36.4 Å². The fourth-order valence-corrected chi connectivity index (χ4v) is 3.57. The van der Waals surface area contributed by atoms with Gasteiger partial charge in [0, 0.05) is 23.8 Å². The van der Waals surface area contributed by atoms with Crippen LogP contribution >= 0.6 is 0 Å². The van der Waals surface area contributed by atoms with Gasteiger partial charge in [0.05, 0.1) is 0 Å². The van der Waals surface area contributed by atoms with Gasteiger partial charge in [0.2, 0.25) is 0 Å². The largest absolute Gasteiger partial charge is 0.508 e. The molecule has 1 aromatic carbocycles. The lowest BCUT2D eigenvalue weighted by Gasteiger charge is -2.21. The highest BCUT2D eigenvalue weighted by molar-refractivity contribution is 5.93. The molecule has 114 valence electrons. The number of nitrogens with one attached hydrogen (secondary N) is 3. The Bertz CT molecular complexity index is 692. The predicted octanol–water partition coefficient (Wildman–Crippen LogP) is 2.01. The van der Waals surface area contributed by atoms with E-state index in [1.54, 1.807) is 18.2 Å². The topological polar surface area (TPSA) is 77.2 Å². The maximum Gasteiger partial charge on any atom is 0.267 e. The van der Waals surface area contributed by atoms with E-state index in [9.17, 15) is 9.90 Å². The lowest BCUT2D eigenvalue weighted by molar-refractivity contribution is 0.0926. The molecule has 0 saturated carbocycles. The number of amides is 1. The van der Waals surface area contributed by atoms with Gasteiger partial charge in [0.1, 0.15) is 11.4 Å². The number of carbonyl (C=O) groups excluding carboxylic acids is 1. The Morgan fingerprint density at radius 3 is 2.64 bits per heavy atom. The van der Waals surface area contributed by atoms with Crippen molar-refractivity contribution in [3.8, 4) is 17.0 Å². The summed E-state index contributed by atoms with van der Waals surface area (Å²) in [5.74, 6) is 0.182. The summed E-state index contributed by atoms with van der Waals surface area (Å²) >= 11 is 0. The lowest BCUT2D eigenvalue weighted by Crippen LogP contribution is -2.43. The number of carbonyl (C=O) groups is 1. The fourth-order valence-electron chi connectivity index (χ4n) is 3.57. The van der Waals surface area contributed by atoms with E-state index in [0.29, 0.717) is 17.8 Å². The highest BCUT2D eigenvalue weighted by Crippen LogP contribution is 2.28. The number of phenolic OH excluding ortho intramolecular Hbond substituents is 1. The second-order valence-electron chi connectivity index (χ2n) is 6.20. The van der Waals surface area contributed by atoms with Gasteiger partial charge in [-0.3, -0.25) is 4.79 Å². The van der Waals surface area contributed by atoms with Crippen molar-refractivity contribution in [1.29, 1.82) is 0 Å². The molecular weight excluding hydrogens is 278 g/mol. The molecule has 2 aliphatic heterocycles. The fraction of sp³-hybridized carbons (Fsp3) is 0.353. The lowest BCUT2D eigenvalue weighted by atomic mass is 9.95. The number of phenols is 1. The van der Waals surface area contributed by atoms with E-state index < -0.39 is 0 Å². The van der Waals surface area contributed by atoms with Gasteiger partial charge in [0.25, 0.3) is 5.91 Å². The maximum absolute atomic E-state index is 12.4. The summed E-state index contributed by atoms with van der Waals surface area (Å²) in [6, 6.07) is 11.9. The van der Waals surface area contributed by atoms with Crippen LogP contribution in [0.4, 0.5) is 0 Å². The Hall–Kier alpha value is -2.27. The Balaban J connectivity index is 1.46. The molecule has 1 aromatic heterocycles. The first-order valence-electron chi connectivity index (χ1n) is 7.74. The highest BCUT2D eigenvalue weighted by Gasteiger charge is 2.39. The maximum atomic E-state index is 12.4. The summed E-state index contributed by atoms with van der Waals surface area (Å²) in [4.78, 5) is 15.5. The normalized spacial score (nSPS) is 26.3. The zero-order valence-electron chi connectivity index (χ0n) is 12.2. The van der Waals surface area contributed by atoms with Crippen molar-refractivity contribution in [3.63, 3.8) is 0 Å². The van der Waals surface area contributed by atoms with Crippen LogP contribution in [0.1, 0.15) is 29.8 Å². The molecule has 2 fully saturated rings. The van der Waals surface area contributed by atoms with Crippen LogP contribution in [0.2, 0.25) is 0 Å². The van der Waals surface area contributed by atoms with E-state index in [1.807, 2.05) is 18.2 Å². The van der Waals surface area contributed by atoms with Crippen LogP contribution < -0.4 is 10.6 Å². The number of hydrogen-bond acceptors (Lipinski definition) is 3. The number of hydrogen-bond donors (Lipinski definition) is 4. The van der Waals surface area contributed by atoms with Crippen LogP contribution in [0.25, 0.3) is 11.3 Å². The number of benzene rings is 1. The number of fused-ring (bicyclic) bond motifs is 2. The molecule has 0 unspecified atom stereocenters. The summed E-state index contributed by atoms with van der Waals surface area (Å²) in [5, 5.41) is 16.0. The van der Waals surface area contributed by atoms with E-state index in [0.717, 1.165) is 24.1 Å². The molecule has 0 radical (unpaired) electrons. The third-order valence-corrected chi connectivity index (χ3v) is 4.73. The minimum absolute atomic E-state index is 0.0515. The molecular formula is C17H19N3O2. The van der Waals surface area contributed by atoms with Gasteiger partial charge < -0.3 is 20.7 Å². The van der Waals surface area contributed by atoms with Crippen LogP contribution in [-0.4, -0.2) is 34.1 Å². The average molecular weight is 297 g/mol. The predicted molar refractivity (Wildman–Crippen MR) is 83.7 cm³/mol. The van der Waals surface area contributed by atoms with Crippen LogP contribution in [0.5, 0.6) is 5.75 Å². The van der Waals surface area contributed by atoms with E-state index in [2.05, 4.69) is 15.6 Å². The van der Waals surface area contributed by atoms with Gasteiger partial charge in [-0.2, -0.15) is 0 Å². The van der Waals surface area contributed by atoms with Crippen molar-refractivity contribution in [2.45, 2.75) is 37.4 Å². The second kappa shape index (κ2) is 5.18. The molecule has 0 spiro atoms. The molecule has 2 bridgehead atoms. The minimum atomic E-state index is -0.0515. The zero-order valence-corrected chi connectivity index (χ0v) is 12.2. The SMILES string of the molecule is O=C(N[C@@H]1C[C@H]2CC[C@@H]1N2)c1ccc(-c2ccc(O)cc2)[nH]1. The Morgan fingerprint density at radius 1 is 1.14 bits per heavy atom. The standard InChI is InChI=1S/C17H19N3O2/c21-12-4-1-10(2-5-12)13-7-8-15(19-13)17(22)20-16-9-11-3-6-14(16)18-11/h1-2,4-5,7-8,11,14,16,18-19,21H,3,6,9H2,(H,20,22)/t11-,14+,16-/m1/s1. The molecule has 1 amide bonds. The highest BCUT2D eigenvalue weighted by atomic mass is 16.3. The number of rotatable bonds is 3. The van der Waals surface area contributed by atoms with Crippen LogP contribution in [0, 0.1) is 0 Å². The molecule has 2 saturated heterocycles. The van der Waals surface area contributed by atoms with Crippen molar-refractivity contribution in [2.75, 3.05) is 0 Å². The van der Waals surface area contributed by atoms with Gasteiger partial charge in [-0.1, -0.05) is 0 Å². The molecule has 22 heavy (non-hydrogen) atoms. The van der Waals surface area contributed by atoms with E-state index in [4.69, 9.17) is 0 Å². The van der Waals surface area contributed by atoms with Crippen molar-refractivity contribution in [3.05, 3.63) is 42.1 Å². The molecule has 2 aliphatic rings. The van der Waals surface area contributed by atoms with Crippen molar-refractivity contribution in [2.24, 2.45) is 0 Å². The summed E-state index contributed by atoms with van der Waals surface area (Å²) in [6.07, 6.45) is 3.41. The van der Waals surface area contributed by atoms with Gasteiger partial charge in [-0.25, -0.2) is 0 Å². The van der Waals surface area contributed by atoms with E-state index in [-0.39, 0.29) is 17.7 Å². The number of H-pyrrole nitrogens is 1. The van der Waals surface area contributed by atoms with E-state index in [1.165, 1.54) is 6.42 Å². The first-order valence-corrected chi connectivity index (χ1v) is 7.74. The number of aromatic hydroxyl groups is 1. The monoisotopic (exact) mass is 297 g/mol. The second-order valence-corrected chi connectivity index (χ2v) is 6.20. The zero-order chi connectivity index (χ0) is 15.1. The molecule has 3 heterocycles. The number of aromatic nitrogens is 1. The molecule has 4 rings (SSSR count). The molecule has 5 heteroatoms. The summed E-state index contributed by atoms with van der Waals surface area (Å²) < 4.78 is 0. The summed E-state index contributed by atoms with van der Waals surface area (Å²) in [7, 11) is 0. The van der Waals surface area contributed by atoms with Crippen molar-refractivity contribution >= 4 is 5.91 Å². The summed E-state index contributed by atoms with van der Waals surface area (Å²) in [5.41, 5.74) is 2.39. The molecule has 2 aromatic rings. The summed E-state index contributed by atoms with van der Waals surface area (Å²) in [6.45, 7) is 0. The Labute approximate surface area is 128 Å². The van der Waals surface area contributed by atoms with Crippen LogP contribution in [0.3, 0.4) is 0 Å². The van der Waals surface area contributed by atoms with Gasteiger partial charge in [0.15, 0.2) is 0 Å². The average Bonchev–Trinajstić information content (AvgIpc) is 3.24. The molecule has 5 nitrogen and oxygen atoms in total. The van der Waals surface area contributed by atoms with Gasteiger partial charge in [-0.15, -0.1) is 0 Å². The Morgan fingerprint density at radius 2 is 1.95 bits per heavy atom. The van der Waals surface area contributed by atoms with Crippen LogP contribution in [-0.2, 0) is 0 Å². The Kier molecular flexibility index (Phi) is 3.15. The quantitative estimate of drug-likeness (QED) is 0.700. The third kappa shape index (κ3) is 2.37. The molecule has 3 atom stereocenters. The van der Waals surface area contributed by atoms with Gasteiger partial charge in [-0.05, 0) is 61.2 Å². The smallest absolute Gasteiger partial charge is 0.267 e.